The summed E-state index contributed by atoms with van der Waals surface area (Å²) in [5.74, 6) is 1.62. The van der Waals surface area contributed by atoms with E-state index in [1.54, 1.807) is 0 Å². The second kappa shape index (κ2) is 6.73. The van der Waals surface area contributed by atoms with Gasteiger partial charge in [0.05, 0.1) is 6.61 Å². The molecular weight excluding hydrogens is 250 g/mol. The summed E-state index contributed by atoms with van der Waals surface area (Å²) in [6.07, 6.45) is 5.41. The van der Waals surface area contributed by atoms with Crippen LogP contribution in [0.15, 0.2) is 0 Å². The maximum absolute atomic E-state index is 5.56. The number of nitrogens with one attached hydrogen (secondary N) is 1. The minimum Gasteiger partial charge on any atom is -0.381 e. The van der Waals surface area contributed by atoms with Crippen LogP contribution in [0.5, 0.6) is 0 Å². The lowest BCUT2D eigenvalue weighted by atomic mass is 9.84. The SMILES string of the molecule is CNC(CN1CCC2C(CCCN2C)C1)C1CCOC1. The summed E-state index contributed by atoms with van der Waals surface area (Å²) in [6, 6.07) is 1.46. The van der Waals surface area contributed by atoms with Crippen LogP contribution in [-0.2, 0) is 4.74 Å². The molecule has 116 valence electrons. The molecule has 0 saturated carbocycles. The molecule has 3 saturated heterocycles. The standard InChI is InChI=1S/C16H31N3O/c1-17-15(14-6-9-20-12-14)11-19-8-5-16-13(10-19)4-3-7-18(16)2/h13-17H,3-12H2,1-2H3. The summed E-state index contributed by atoms with van der Waals surface area (Å²) >= 11 is 0. The summed E-state index contributed by atoms with van der Waals surface area (Å²) in [6.45, 7) is 7.00. The first kappa shape index (κ1) is 14.8. The van der Waals surface area contributed by atoms with Gasteiger partial charge in [0.1, 0.15) is 0 Å². The molecule has 0 bridgehead atoms. The van der Waals surface area contributed by atoms with Crippen molar-refractivity contribution < 1.29 is 4.74 Å². The molecule has 3 heterocycles. The number of hydrogen-bond acceptors (Lipinski definition) is 4. The Balaban J connectivity index is 1.53. The average molecular weight is 281 g/mol. The molecule has 0 aliphatic carbocycles. The lowest BCUT2D eigenvalue weighted by Gasteiger charge is -2.46. The molecule has 0 radical (unpaired) electrons. The summed E-state index contributed by atoms with van der Waals surface area (Å²) in [5.41, 5.74) is 0. The highest BCUT2D eigenvalue weighted by atomic mass is 16.5. The number of likely N-dealkylation sites (tertiary alicyclic amines) is 2. The Labute approximate surface area is 123 Å². The van der Waals surface area contributed by atoms with E-state index < -0.39 is 0 Å². The lowest BCUT2D eigenvalue weighted by Crippen LogP contribution is -2.55. The minimum absolute atomic E-state index is 0.607. The molecule has 1 N–H and O–H groups in total. The van der Waals surface area contributed by atoms with Crippen LogP contribution < -0.4 is 5.32 Å². The second-order valence-corrected chi connectivity index (χ2v) is 7.02. The van der Waals surface area contributed by atoms with E-state index in [1.165, 1.54) is 51.9 Å². The Morgan fingerprint density at radius 1 is 1.25 bits per heavy atom. The highest BCUT2D eigenvalue weighted by Gasteiger charge is 2.35. The van der Waals surface area contributed by atoms with Crippen LogP contribution in [0.4, 0.5) is 0 Å². The van der Waals surface area contributed by atoms with Crippen molar-refractivity contribution >= 4 is 0 Å². The Hall–Kier alpha value is -0.160. The highest BCUT2D eigenvalue weighted by molar-refractivity contribution is 4.91. The van der Waals surface area contributed by atoms with Crippen LogP contribution in [0.25, 0.3) is 0 Å². The van der Waals surface area contributed by atoms with Crippen LogP contribution in [0.3, 0.4) is 0 Å². The van der Waals surface area contributed by atoms with E-state index in [4.69, 9.17) is 4.74 Å². The Kier molecular flexibility index (Phi) is 4.97. The van der Waals surface area contributed by atoms with Gasteiger partial charge in [0, 0.05) is 37.7 Å². The normalized spacial score (nSPS) is 37.8. The molecule has 0 aromatic rings. The quantitative estimate of drug-likeness (QED) is 0.833. The van der Waals surface area contributed by atoms with Gasteiger partial charge in [-0.1, -0.05) is 0 Å². The zero-order chi connectivity index (χ0) is 13.9. The molecule has 3 aliphatic rings. The molecule has 0 aromatic carbocycles. The van der Waals surface area contributed by atoms with Crippen molar-refractivity contribution in [3.05, 3.63) is 0 Å². The predicted octanol–water partition coefficient (Wildman–Crippen LogP) is 1.03. The summed E-state index contributed by atoms with van der Waals surface area (Å²) < 4.78 is 5.56. The predicted molar refractivity (Wildman–Crippen MR) is 82.0 cm³/mol. The van der Waals surface area contributed by atoms with E-state index in [0.717, 1.165) is 25.2 Å². The van der Waals surface area contributed by atoms with E-state index in [0.29, 0.717) is 12.0 Å². The molecule has 3 fully saturated rings. The number of likely N-dealkylation sites (N-methyl/N-ethyl adjacent to an activating group) is 1. The third-order valence-electron chi connectivity index (χ3n) is 5.79. The van der Waals surface area contributed by atoms with Crippen molar-refractivity contribution in [2.24, 2.45) is 11.8 Å². The Morgan fingerprint density at radius 2 is 2.15 bits per heavy atom. The van der Waals surface area contributed by atoms with Gasteiger partial charge in [0.25, 0.3) is 0 Å². The van der Waals surface area contributed by atoms with Gasteiger partial charge < -0.3 is 19.9 Å². The molecule has 4 unspecified atom stereocenters. The van der Waals surface area contributed by atoms with Gasteiger partial charge in [0.15, 0.2) is 0 Å². The zero-order valence-corrected chi connectivity index (χ0v) is 13.2. The molecule has 3 aliphatic heterocycles. The van der Waals surface area contributed by atoms with Crippen molar-refractivity contribution in [1.82, 2.24) is 15.1 Å². The minimum atomic E-state index is 0.607. The molecule has 0 aromatic heterocycles. The van der Waals surface area contributed by atoms with E-state index in [9.17, 15) is 0 Å². The highest BCUT2D eigenvalue weighted by Crippen LogP contribution is 2.30. The average Bonchev–Trinajstić information content (AvgIpc) is 2.99. The van der Waals surface area contributed by atoms with Crippen molar-refractivity contribution in [2.75, 3.05) is 53.5 Å². The van der Waals surface area contributed by atoms with Gasteiger partial charge >= 0.3 is 0 Å². The topological polar surface area (TPSA) is 27.7 Å². The van der Waals surface area contributed by atoms with Gasteiger partial charge in [-0.2, -0.15) is 0 Å². The molecule has 0 spiro atoms. The van der Waals surface area contributed by atoms with E-state index in [-0.39, 0.29) is 0 Å². The number of piperidine rings is 2. The third-order valence-corrected chi connectivity index (χ3v) is 5.79. The van der Waals surface area contributed by atoms with E-state index in [2.05, 4.69) is 29.2 Å². The Morgan fingerprint density at radius 3 is 2.90 bits per heavy atom. The number of nitrogens with zero attached hydrogens (tertiary/aromatic N) is 2. The fourth-order valence-electron chi connectivity index (χ4n) is 4.52. The third kappa shape index (κ3) is 3.19. The molecule has 4 atom stereocenters. The first-order valence-electron chi connectivity index (χ1n) is 8.45. The van der Waals surface area contributed by atoms with Crippen molar-refractivity contribution in [3.63, 3.8) is 0 Å². The van der Waals surface area contributed by atoms with Crippen LogP contribution in [-0.4, -0.2) is 75.4 Å². The molecule has 3 rings (SSSR count). The number of hydrogen-bond donors (Lipinski definition) is 1. The maximum Gasteiger partial charge on any atom is 0.0510 e. The molecule has 0 amide bonds. The largest absolute Gasteiger partial charge is 0.381 e. The summed E-state index contributed by atoms with van der Waals surface area (Å²) in [7, 11) is 4.43. The molecular formula is C16H31N3O. The van der Waals surface area contributed by atoms with Crippen molar-refractivity contribution in [1.29, 1.82) is 0 Å². The van der Waals surface area contributed by atoms with Crippen molar-refractivity contribution in [3.8, 4) is 0 Å². The van der Waals surface area contributed by atoms with Gasteiger partial charge in [0.2, 0.25) is 0 Å². The fourth-order valence-corrected chi connectivity index (χ4v) is 4.52. The van der Waals surface area contributed by atoms with E-state index in [1.807, 2.05) is 0 Å². The molecule has 4 heteroatoms. The first-order chi connectivity index (χ1) is 9.78. The number of fused-ring (bicyclic) bond motifs is 1. The van der Waals surface area contributed by atoms with Gasteiger partial charge in [-0.3, -0.25) is 0 Å². The summed E-state index contributed by atoms with van der Waals surface area (Å²) in [5, 5.41) is 3.54. The fraction of sp³-hybridized carbons (Fsp3) is 1.00. The van der Waals surface area contributed by atoms with Gasteiger partial charge in [-0.25, -0.2) is 0 Å². The van der Waals surface area contributed by atoms with Crippen LogP contribution in [0.1, 0.15) is 25.7 Å². The lowest BCUT2D eigenvalue weighted by molar-refractivity contribution is 0.0318. The number of ether oxygens (including phenoxy) is 1. The monoisotopic (exact) mass is 281 g/mol. The number of rotatable bonds is 4. The van der Waals surface area contributed by atoms with Crippen LogP contribution in [0.2, 0.25) is 0 Å². The molecule has 4 nitrogen and oxygen atoms in total. The smallest absolute Gasteiger partial charge is 0.0510 e. The van der Waals surface area contributed by atoms with Crippen LogP contribution in [0, 0.1) is 11.8 Å². The van der Waals surface area contributed by atoms with Crippen LogP contribution >= 0.6 is 0 Å². The first-order valence-corrected chi connectivity index (χ1v) is 8.45. The molecule has 20 heavy (non-hydrogen) atoms. The second-order valence-electron chi connectivity index (χ2n) is 7.02. The van der Waals surface area contributed by atoms with E-state index >= 15 is 0 Å². The zero-order valence-electron chi connectivity index (χ0n) is 13.2. The Bertz CT molecular complexity index is 306. The van der Waals surface area contributed by atoms with Crippen molar-refractivity contribution in [2.45, 2.75) is 37.8 Å². The van der Waals surface area contributed by atoms with Gasteiger partial charge in [-0.05, 0) is 58.8 Å². The summed E-state index contributed by atoms with van der Waals surface area (Å²) in [4.78, 5) is 5.31. The maximum atomic E-state index is 5.56. The van der Waals surface area contributed by atoms with Gasteiger partial charge in [-0.15, -0.1) is 0 Å².